The number of likely N-dealkylation sites (N-methyl/N-ethyl adjacent to an activating group) is 1. The van der Waals surface area contributed by atoms with Gasteiger partial charge in [0.1, 0.15) is 0 Å². The molecule has 0 saturated carbocycles. The molecule has 1 aromatic rings. The van der Waals surface area contributed by atoms with Crippen LogP contribution in [0.25, 0.3) is 0 Å². The Morgan fingerprint density at radius 1 is 1.18 bits per heavy atom. The Morgan fingerprint density at radius 2 is 1.76 bits per heavy atom. The van der Waals surface area contributed by atoms with Crippen molar-refractivity contribution in [2.24, 2.45) is 0 Å². The molecular weight excluding hydrogens is 208 g/mol. The first-order valence-corrected chi connectivity index (χ1v) is 6.36. The Balaban J connectivity index is 2.37. The summed E-state index contributed by atoms with van der Waals surface area (Å²) in [6.45, 7) is 8.82. The number of hydrogen-bond acceptors (Lipinski definition) is 2. The van der Waals surface area contributed by atoms with Crippen molar-refractivity contribution >= 4 is 0 Å². The van der Waals surface area contributed by atoms with E-state index < -0.39 is 0 Å². The molecule has 0 aliphatic rings. The van der Waals surface area contributed by atoms with E-state index in [1.54, 1.807) is 0 Å². The summed E-state index contributed by atoms with van der Waals surface area (Å²) in [5.74, 6) is 0.564. The number of rotatable bonds is 6. The van der Waals surface area contributed by atoms with Gasteiger partial charge >= 0.3 is 0 Å². The van der Waals surface area contributed by atoms with E-state index in [-0.39, 0.29) is 5.54 Å². The number of benzene rings is 1. The maximum absolute atomic E-state index is 3.56. The zero-order valence-electron chi connectivity index (χ0n) is 11.8. The van der Waals surface area contributed by atoms with Crippen molar-refractivity contribution in [3.05, 3.63) is 35.9 Å². The molecule has 1 rings (SSSR count). The molecular formula is C15H26N2. The predicted molar refractivity (Wildman–Crippen MR) is 75.5 cm³/mol. The highest BCUT2D eigenvalue weighted by Gasteiger charge is 2.19. The molecule has 1 unspecified atom stereocenters. The van der Waals surface area contributed by atoms with Crippen LogP contribution in [0.5, 0.6) is 0 Å². The molecule has 1 aromatic carbocycles. The molecule has 17 heavy (non-hydrogen) atoms. The van der Waals surface area contributed by atoms with Gasteiger partial charge in [0.15, 0.2) is 0 Å². The summed E-state index contributed by atoms with van der Waals surface area (Å²) < 4.78 is 0. The summed E-state index contributed by atoms with van der Waals surface area (Å²) in [6.07, 6.45) is 0. The van der Waals surface area contributed by atoms with Crippen molar-refractivity contribution in [1.82, 2.24) is 10.2 Å². The molecule has 0 amide bonds. The topological polar surface area (TPSA) is 15.3 Å². The van der Waals surface area contributed by atoms with Crippen molar-refractivity contribution in [3.8, 4) is 0 Å². The van der Waals surface area contributed by atoms with Gasteiger partial charge in [-0.25, -0.2) is 0 Å². The third kappa shape index (κ3) is 4.49. The van der Waals surface area contributed by atoms with Gasteiger partial charge < -0.3 is 10.2 Å². The Kier molecular flexibility index (Phi) is 5.16. The molecule has 0 fully saturated rings. The number of nitrogens with one attached hydrogen (secondary N) is 1. The van der Waals surface area contributed by atoms with Gasteiger partial charge in [0.2, 0.25) is 0 Å². The lowest BCUT2D eigenvalue weighted by Crippen LogP contribution is -2.47. The normalized spacial score (nSPS) is 14.0. The van der Waals surface area contributed by atoms with E-state index in [9.17, 15) is 0 Å². The van der Waals surface area contributed by atoms with Gasteiger partial charge in [-0.1, -0.05) is 37.3 Å². The number of hydrogen-bond donors (Lipinski definition) is 1. The summed E-state index contributed by atoms with van der Waals surface area (Å²) in [5, 5.41) is 3.56. The Labute approximate surface area is 106 Å². The molecule has 0 aromatic heterocycles. The highest BCUT2D eigenvalue weighted by Crippen LogP contribution is 2.14. The first-order chi connectivity index (χ1) is 7.93. The van der Waals surface area contributed by atoms with E-state index in [1.807, 2.05) is 0 Å². The third-order valence-corrected chi connectivity index (χ3v) is 3.59. The van der Waals surface area contributed by atoms with E-state index in [4.69, 9.17) is 0 Å². The first-order valence-electron chi connectivity index (χ1n) is 6.36. The van der Waals surface area contributed by atoms with Gasteiger partial charge in [-0.3, -0.25) is 0 Å². The van der Waals surface area contributed by atoms with Crippen molar-refractivity contribution in [2.45, 2.75) is 32.2 Å². The lowest BCUT2D eigenvalue weighted by Gasteiger charge is -2.33. The van der Waals surface area contributed by atoms with Crippen LogP contribution in [0.4, 0.5) is 0 Å². The van der Waals surface area contributed by atoms with Crippen LogP contribution in [-0.2, 0) is 0 Å². The molecule has 1 N–H and O–H groups in total. The Hall–Kier alpha value is -0.860. The monoisotopic (exact) mass is 234 g/mol. The Morgan fingerprint density at radius 3 is 2.29 bits per heavy atom. The third-order valence-electron chi connectivity index (χ3n) is 3.59. The molecule has 2 nitrogen and oxygen atoms in total. The fraction of sp³-hybridized carbons (Fsp3) is 0.600. The molecule has 0 spiro atoms. The van der Waals surface area contributed by atoms with Crippen molar-refractivity contribution < 1.29 is 0 Å². The largest absolute Gasteiger partial charge is 0.314 e. The minimum absolute atomic E-state index is 0.205. The van der Waals surface area contributed by atoms with Gasteiger partial charge in [0.05, 0.1) is 0 Å². The molecule has 0 radical (unpaired) electrons. The summed E-state index contributed by atoms with van der Waals surface area (Å²) in [7, 11) is 4.25. The van der Waals surface area contributed by atoms with Gasteiger partial charge in [-0.05, 0) is 39.4 Å². The first kappa shape index (κ1) is 14.2. The smallest absolute Gasteiger partial charge is 0.0271 e. The second-order valence-electron chi connectivity index (χ2n) is 5.65. The summed E-state index contributed by atoms with van der Waals surface area (Å²) >= 11 is 0. The second kappa shape index (κ2) is 6.18. The zero-order chi connectivity index (χ0) is 12.9. The van der Waals surface area contributed by atoms with E-state index in [0.717, 1.165) is 13.1 Å². The average Bonchev–Trinajstić information content (AvgIpc) is 2.29. The fourth-order valence-electron chi connectivity index (χ4n) is 1.65. The van der Waals surface area contributed by atoms with Crippen molar-refractivity contribution in [1.29, 1.82) is 0 Å². The Bertz CT molecular complexity index is 317. The number of nitrogens with zero attached hydrogens (tertiary/aromatic N) is 1. The quantitative estimate of drug-likeness (QED) is 0.814. The molecule has 2 heteroatoms. The van der Waals surface area contributed by atoms with Crippen molar-refractivity contribution in [2.75, 3.05) is 27.2 Å². The van der Waals surface area contributed by atoms with Crippen LogP contribution in [0.1, 0.15) is 32.3 Å². The minimum Gasteiger partial charge on any atom is -0.314 e. The molecule has 0 aliphatic carbocycles. The van der Waals surface area contributed by atoms with Crippen LogP contribution in [-0.4, -0.2) is 37.6 Å². The van der Waals surface area contributed by atoms with E-state index in [0.29, 0.717) is 5.92 Å². The predicted octanol–water partition coefficient (Wildman–Crippen LogP) is 2.72. The van der Waals surface area contributed by atoms with E-state index >= 15 is 0 Å². The standard InChI is InChI=1S/C15H26N2/c1-13(14-9-7-6-8-10-14)11-16-12-15(2,3)17(4)5/h6-10,13,16H,11-12H2,1-5H3. The highest BCUT2D eigenvalue weighted by atomic mass is 15.2. The molecule has 0 aliphatic heterocycles. The van der Waals surface area contributed by atoms with Crippen LogP contribution >= 0.6 is 0 Å². The molecule has 96 valence electrons. The molecule has 1 atom stereocenters. The van der Waals surface area contributed by atoms with E-state index in [2.05, 4.69) is 75.4 Å². The van der Waals surface area contributed by atoms with Gasteiger partial charge in [-0.2, -0.15) is 0 Å². The average molecular weight is 234 g/mol. The SMILES string of the molecule is CC(CNCC(C)(C)N(C)C)c1ccccc1. The van der Waals surface area contributed by atoms with E-state index in [1.165, 1.54) is 5.56 Å². The minimum atomic E-state index is 0.205. The summed E-state index contributed by atoms with van der Waals surface area (Å²) in [6, 6.07) is 10.7. The fourth-order valence-corrected chi connectivity index (χ4v) is 1.65. The molecule has 0 saturated heterocycles. The van der Waals surface area contributed by atoms with Crippen LogP contribution < -0.4 is 5.32 Å². The lowest BCUT2D eigenvalue weighted by atomic mass is 10.00. The second-order valence-corrected chi connectivity index (χ2v) is 5.65. The van der Waals surface area contributed by atoms with Gasteiger partial charge in [-0.15, -0.1) is 0 Å². The lowest BCUT2D eigenvalue weighted by molar-refractivity contribution is 0.189. The van der Waals surface area contributed by atoms with Crippen LogP contribution in [0.2, 0.25) is 0 Å². The maximum atomic E-state index is 3.56. The summed E-state index contributed by atoms with van der Waals surface area (Å²) in [4.78, 5) is 2.26. The highest BCUT2D eigenvalue weighted by molar-refractivity contribution is 5.18. The summed E-state index contributed by atoms with van der Waals surface area (Å²) in [5.41, 5.74) is 1.61. The van der Waals surface area contributed by atoms with Crippen LogP contribution in [0.3, 0.4) is 0 Å². The maximum Gasteiger partial charge on any atom is 0.0271 e. The van der Waals surface area contributed by atoms with Crippen LogP contribution in [0.15, 0.2) is 30.3 Å². The van der Waals surface area contributed by atoms with Crippen molar-refractivity contribution in [3.63, 3.8) is 0 Å². The molecule has 0 heterocycles. The zero-order valence-corrected chi connectivity index (χ0v) is 11.8. The van der Waals surface area contributed by atoms with Gasteiger partial charge in [0.25, 0.3) is 0 Å². The molecule has 0 bridgehead atoms. The van der Waals surface area contributed by atoms with Crippen LogP contribution in [0, 0.1) is 0 Å². The van der Waals surface area contributed by atoms with Gasteiger partial charge in [0, 0.05) is 18.6 Å².